The molecule has 0 saturated carbocycles. The van der Waals surface area contributed by atoms with Crippen LogP contribution in [0.2, 0.25) is 0 Å². The average Bonchev–Trinajstić information content (AvgIpc) is 2.87. The molecule has 1 aliphatic heterocycles. The summed E-state index contributed by atoms with van der Waals surface area (Å²) in [6.45, 7) is 9.25. The first-order valence-corrected chi connectivity index (χ1v) is 13.5. The second-order valence-corrected chi connectivity index (χ2v) is 10.7. The molecule has 0 N–H and O–H groups in total. The summed E-state index contributed by atoms with van der Waals surface area (Å²) >= 11 is 0. The molecule has 1 aromatic heterocycles. The minimum atomic E-state index is -0.509. The summed E-state index contributed by atoms with van der Waals surface area (Å²) in [4.78, 5) is 39.6. The van der Waals surface area contributed by atoms with Gasteiger partial charge in [0.25, 0.3) is 0 Å². The number of esters is 1. The highest BCUT2D eigenvalue weighted by Gasteiger charge is 2.20. The van der Waals surface area contributed by atoms with Gasteiger partial charge in [0.2, 0.25) is 0 Å². The van der Waals surface area contributed by atoms with Crippen LogP contribution in [0.25, 0.3) is 11.0 Å². The van der Waals surface area contributed by atoms with Gasteiger partial charge in [-0.15, -0.1) is 0 Å². The lowest BCUT2D eigenvalue weighted by atomic mass is 9.99. The Kier molecular flexibility index (Phi) is 9.02. The second-order valence-electron chi connectivity index (χ2n) is 10.7. The molecule has 0 spiro atoms. The number of likely N-dealkylation sites (tertiary alicyclic amines) is 1. The molecule has 0 radical (unpaired) electrons. The molecule has 0 atom stereocenters. The van der Waals surface area contributed by atoms with Crippen LogP contribution in [0.4, 0.5) is 0 Å². The molecule has 206 valence electrons. The molecule has 3 aromatic rings. The Morgan fingerprint density at radius 3 is 2.41 bits per heavy atom. The van der Waals surface area contributed by atoms with Crippen molar-refractivity contribution < 1.29 is 23.5 Å². The third-order valence-electron chi connectivity index (χ3n) is 7.03. The van der Waals surface area contributed by atoms with E-state index < -0.39 is 11.6 Å². The maximum Gasteiger partial charge on any atom is 0.339 e. The number of aryl methyl sites for hydroxylation is 1. The molecule has 2 aromatic carbocycles. The number of Topliss-reactive ketones (excluding diaryl/α,β-unsaturated/α-hetero) is 1. The van der Waals surface area contributed by atoms with Crippen molar-refractivity contribution in [3.05, 3.63) is 80.7 Å². The summed E-state index contributed by atoms with van der Waals surface area (Å²) in [5.41, 5.74) is 3.87. The fraction of sp³-hybridized carbons (Fsp3) is 0.406. The van der Waals surface area contributed by atoms with Gasteiger partial charge >= 0.3 is 11.6 Å². The zero-order valence-electron chi connectivity index (χ0n) is 23.5. The fourth-order valence-electron chi connectivity index (χ4n) is 4.86. The maximum atomic E-state index is 13.0. The van der Waals surface area contributed by atoms with Crippen LogP contribution in [0.15, 0.2) is 57.3 Å². The molecule has 2 heterocycles. The number of carbonyl (C=O) groups is 2. The number of rotatable bonds is 9. The third kappa shape index (κ3) is 7.45. The van der Waals surface area contributed by atoms with Crippen LogP contribution in [0.5, 0.6) is 11.5 Å². The van der Waals surface area contributed by atoms with Crippen LogP contribution in [0, 0.1) is 6.92 Å². The molecular formula is C32H37NO6. The van der Waals surface area contributed by atoms with Gasteiger partial charge in [0.1, 0.15) is 29.0 Å². The van der Waals surface area contributed by atoms with Gasteiger partial charge in [-0.1, -0.05) is 23.8 Å². The van der Waals surface area contributed by atoms with Gasteiger partial charge in [-0.3, -0.25) is 9.59 Å². The predicted octanol–water partition coefficient (Wildman–Crippen LogP) is 5.36. The summed E-state index contributed by atoms with van der Waals surface area (Å²) < 4.78 is 17.3. The Bertz CT molecular complexity index is 1460. The molecular weight excluding hydrogens is 494 g/mol. The number of ketones is 1. The van der Waals surface area contributed by atoms with Gasteiger partial charge in [-0.25, -0.2) is 4.79 Å². The van der Waals surface area contributed by atoms with E-state index >= 15 is 0 Å². The number of piperidine rings is 1. The molecule has 0 bridgehead atoms. The summed E-state index contributed by atoms with van der Waals surface area (Å²) in [5.74, 6) is 0.719. The quantitative estimate of drug-likeness (QED) is 0.159. The number of hydrogen-bond donors (Lipinski definition) is 0. The monoisotopic (exact) mass is 531 g/mol. The van der Waals surface area contributed by atoms with Gasteiger partial charge in [0.15, 0.2) is 0 Å². The lowest BCUT2D eigenvalue weighted by Crippen LogP contribution is -2.35. The summed E-state index contributed by atoms with van der Waals surface area (Å²) in [7, 11) is 2.11. The van der Waals surface area contributed by atoms with Crippen molar-refractivity contribution in [2.45, 2.75) is 65.9 Å². The van der Waals surface area contributed by atoms with Crippen molar-refractivity contribution in [3.63, 3.8) is 0 Å². The molecule has 1 saturated heterocycles. The van der Waals surface area contributed by atoms with Crippen molar-refractivity contribution in [2.24, 2.45) is 0 Å². The molecule has 0 unspecified atom stereocenters. The molecule has 4 rings (SSSR count). The van der Waals surface area contributed by atoms with E-state index in [4.69, 9.17) is 13.9 Å². The molecule has 7 heteroatoms. The molecule has 0 aliphatic carbocycles. The van der Waals surface area contributed by atoms with Crippen LogP contribution < -0.4 is 15.1 Å². The first-order chi connectivity index (χ1) is 18.6. The highest BCUT2D eigenvalue weighted by Crippen LogP contribution is 2.29. The molecule has 39 heavy (non-hydrogen) atoms. The first kappa shape index (κ1) is 28.3. The summed E-state index contributed by atoms with van der Waals surface area (Å²) in [5, 5.41) is 0.764. The summed E-state index contributed by atoms with van der Waals surface area (Å²) in [6, 6.07) is 10.9. The van der Waals surface area contributed by atoms with E-state index in [0.29, 0.717) is 23.3 Å². The SMILES string of the molecule is CC(=O)Oc1ccc(CC(=O)Cc2cc3ccc(OC4CCN(C)CC4)c(C)c3oc2=O)cc1CC=C(C)C. The normalized spacial score (nSPS) is 14.3. The standard InChI is InChI=1S/C32H37NO6/c1-20(2)6-8-24-16-23(7-10-30(24)37-22(4)34)17-27(35)19-26-18-25-9-11-29(21(3)31(25)39-32(26)36)38-28-12-14-33(5)15-13-28/h6-7,9-11,16,18,28H,8,12-15,17,19H2,1-5H3. The Hall–Kier alpha value is -3.71. The van der Waals surface area contributed by atoms with Crippen molar-refractivity contribution in [2.75, 3.05) is 20.1 Å². The lowest BCUT2D eigenvalue weighted by Gasteiger charge is -2.29. The Morgan fingerprint density at radius 1 is 1.00 bits per heavy atom. The number of ether oxygens (including phenoxy) is 2. The minimum Gasteiger partial charge on any atom is -0.490 e. The molecule has 7 nitrogen and oxygen atoms in total. The van der Waals surface area contributed by atoms with Gasteiger partial charge in [-0.05, 0) is 82.5 Å². The van der Waals surface area contributed by atoms with E-state index in [1.165, 1.54) is 6.92 Å². The summed E-state index contributed by atoms with van der Waals surface area (Å²) in [6.07, 6.45) is 4.82. The van der Waals surface area contributed by atoms with Crippen LogP contribution >= 0.6 is 0 Å². The van der Waals surface area contributed by atoms with E-state index in [-0.39, 0.29) is 24.7 Å². The minimum absolute atomic E-state index is 0.0276. The van der Waals surface area contributed by atoms with E-state index in [0.717, 1.165) is 59.3 Å². The van der Waals surface area contributed by atoms with Crippen LogP contribution in [0.1, 0.15) is 55.9 Å². The molecule has 0 amide bonds. The van der Waals surface area contributed by atoms with Gasteiger partial charge in [0.05, 0.1) is 0 Å². The first-order valence-electron chi connectivity index (χ1n) is 13.5. The number of allylic oxidation sites excluding steroid dienone is 2. The number of carbonyl (C=O) groups excluding carboxylic acids is 2. The molecule has 1 aliphatic rings. The van der Waals surface area contributed by atoms with E-state index in [2.05, 4.69) is 11.9 Å². The topological polar surface area (TPSA) is 86.1 Å². The Morgan fingerprint density at radius 2 is 1.72 bits per heavy atom. The number of hydrogen-bond acceptors (Lipinski definition) is 7. The highest BCUT2D eigenvalue weighted by atomic mass is 16.5. The van der Waals surface area contributed by atoms with Crippen molar-refractivity contribution in [1.82, 2.24) is 4.90 Å². The van der Waals surface area contributed by atoms with Gasteiger partial charge in [-0.2, -0.15) is 0 Å². The third-order valence-corrected chi connectivity index (χ3v) is 7.03. The Balaban J connectivity index is 1.49. The van der Waals surface area contributed by atoms with Crippen molar-refractivity contribution in [1.29, 1.82) is 0 Å². The predicted molar refractivity (Wildman–Crippen MR) is 152 cm³/mol. The van der Waals surface area contributed by atoms with E-state index in [1.807, 2.05) is 45.0 Å². The van der Waals surface area contributed by atoms with Gasteiger partial charge < -0.3 is 18.8 Å². The van der Waals surface area contributed by atoms with Gasteiger partial charge in [0, 0.05) is 49.4 Å². The number of benzene rings is 2. The lowest BCUT2D eigenvalue weighted by molar-refractivity contribution is -0.132. The number of fused-ring (bicyclic) bond motifs is 1. The largest absolute Gasteiger partial charge is 0.490 e. The highest BCUT2D eigenvalue weighted by molar-refractivity contribution is 5.86. The zero-order valence-corrected chi connectivity index (χ0v) is 23.5. The smallest absolute Gasteiger partial charge is 0.339 e. The van der Waals surface area contributed by atoms with E-state index in [1.54, 1.807) is 18.2 Å². The van der Waals surface area contributed by atoms with Crippen molar-refractivity contribution in [3.8, 4) is 11.5 Å². The Labute approximate surface area is 229 Å². The second kappa shape index (κ2) is 12.4. The van der Waals surface area contributed by atoms with E-state index in [9.17, 15) is 14.4 Å². The van der Waals surface area contributed by atoms with Crippen LogP contribution in [0.3, 0.4) is 0 Å². The van der Waals surface area contributed by atoms with Crippen molar-refractivity contribution >= 4 is 22.7 Å². The fourth-order valence-corrected chi connectivity index (χ4v) is 4.86. The average molecular weight is 532 g/mol. The number of nitrogens with zero attached hydrogens (tertiary/aromatic N) is 1. The zero-order chi connectivity index (χ0) is 28.1. The van der Waals surface area contributed by atoms with Crippen LogP contribution in [-0.2, 0) is 28.9 Å². The maximum absolute atomic E-state index is 13.0. The van der Waals surface area contributed by atoms with Crippen LogP contribution in [-0.4, -0.2) is 42.9 Å². The molecule has 1 fully saturated rings.